The Bertz CT molecular complexity index is 461. The molecule has 0 unspecified atom stereocenters. The summed E-state index contributed by atoms with van der Waals surface area (Å²) in [5.74, 6) is 1.75. The van der Waals surface area contributed by atoms with Crippen LogP contribution in [-0.4, -0.2) is 11.5 Å². The molecule has 0 aromatic carbocycles. The van der Waals surface area contributed by atoms with E-state index in [4.69, 9.17) is 4.42 Å². The van der Waals surface area contributed by atoms with Crippen LogP contribution < -0.4 is 5.32 Å². The van der Waals surface area contributed by atoms with Crippen molar-refractivity contribution in [3.8, 4) is 0 Å². The maximum Gasteiger partial charge on any atom is 0.126 e. The molecule has 2 heterocycles. The number of aromatic nitrogens is 1. The summed E-state index contributed by atoms with van der Waals surface area (Å²) < 4.78 is 5.17. The summed E-state index contributed by atoms with van der Waals surface area (Å²) in [5, 5.41) is 3.21. The zero-order chi connectivity index (χ0) is 11.2. The first kappa shape index (κ1) is 10.5. The second kappa shape index (κ2) is 5.16. The zero-order valence-corrected chi connectivity index (χ0v) is 9.18. The third-order valence-corrected chi connectivity index (χ3v) is 2.11. The second-order valence-corrected chi connectivity index (χ2v) is 3.46. The lowest BCUT2D eigenvalue weighted by Crippen LogP contribution is -2.00. The normalized spacial score (nSPS) is 10.8. The van der Waals surface area contributed by atoms with E-state index in [0.29, 0.717) is 0 Å². The van der Waals surface area contributed by atoms with E-state index in [2.05, 4.69) is 10.3 Å². The Kier molecular flexibility index (Phi) is 3.38. The van der Waals surface area contributed by atoms with Crippen LogP contribution in [0.5, 0.6) is 0 Å². The van der Waals surface area contributed by atoms with Crippen molar-refractivity contribution in [3.05, 3.63) is 54.1 Å². The minimum atomic E-state index is 0.733. The smallest absolute Gasteiger partial charge is 0.126 e. The first-order valence-corrected chi connectivity index (χ1v) is 5.22. The average molecular weight is 214 g/mol. The van der Waals surface area contributed by atoms with Gasteiger partial charge in [0.05, 0.1) is 6.26 Å². The van der Waals surface area contributed by atoms with Crippen LogP contribution in [0.15, 0.2) is 47.1 Å². The molecule has 0 aliphatic rings. The third kappa shape index (κ3) is 2.98. The molecule has 3 heteroatoms. The van der Waals surface area contributed by atoms with E-state index in [1.54, 1.807) is 6.26 Å². The van der Waals surface area contributed by atoms with Crippen LogP contribution in [0.4, 0.5) is 5.82 Å². The molecule has 82 valence electrons. The molecule has 0 aliphatic carbocycles. The van der Waals surface area contributed by atoms with Crippen molar-refractivity contribution < 1.29 is 4.42 Å². The Balaban J connectivity index is 1.84. The largest absolute Gasteiger partial charge is 0.465 e. The van der Waals surface area contributed by atoms with E-state index in [-0.39, 0.29) is 0 Å². The van der Waals surface area contributed by atoms with Crippen molar-refractivity contribution in [2.45, 2.75) is 6.92 Å². The maximum absolute atomic E-state index is 5.17. The molecule has 0 aliphatic heterocycles. The summed E-state index contributed by atoms with van der Waals surface area (Å²) in [5.41, 5.74) is 1.01. The molecular weight excluding hydrogens is 200 g/mol. The van der Waals surface area contributed by atoms with Gasteiger partial charge in [-0.1, -0.05) is 12.1 Å². The van der Waals surface area contributed by atoms with E-state index < -0.39 is 0 Å². The van der Waals surface area contributed by atoms with Crippen LogP contribution in [0.1, 0.15) is 11.5 Å². The minimum absolute atomic E-state index is 0.733. The van der Waals surface area contributed by atoms with E-state index in [1.165, 1.54) is 0 Å². The van der Waals surface area contributed by atoms with Gasteiger partial charge >= 0.3 is 0 Å². The topological polar surface area (TPSA) is 38.1 Å². The number of rotatable bonds is 4. The third-order valence-electron chi connectivity index (χ3n) is 2.11. The monoisotopic (exact) mass is 214 g/mol. The summed E-state index contributed by atoms with van der Waals surface area (Å²) in [6.07, 6.45) is 5.60. The first-order valence-electron chi connectivity index (χ1n) is 5.22. The van der Waals surface area contributed by atoms with Crippen LogP contribution in [0.3, 0.4) is 0 Å². The van der Waals surface area contributed by atoms with E-state index in [9.17, 15) is 0 Å². The highest BCUT2D eigenvalue weighted by molar-refractivity contribution is 5.44. The lowest BCUT2D eigenvalue weighted by molar-refractivity contribution is 0.557. The highest BCUT2D eigenvalue weighted by Crippen LogP contribution is 2.04. The van der Waals surface area contributed by atoms with Crippen LogP contribution in [0, 0.1) is 6.92 Å². The molecular formula is C13H14N2O. The SMILES string of the molecule is Cc1cccc(NC/C=C/c2ccco2)n1. The van der Waals surface area contributed by atoms with Crippen molar-refractivity contribution in [3.63, 3.8) is 0 Å². The van der Waals surface area contributed by atoms with Gasteiger partial charge in [-0.3, -0.25) is 0 Å². The lowest BCUT2D eigenvalue weighted by Gasteiger charge is -2.02. The molecule has 0 radical (unpaired) electrons. The summed E-state index contributed by atoms with van der Waals surface area (Å²) in [6.45, 7) is 2.71. The number of furan rings is 1. The number of aryl methyl sites for hydroxylation is 1. The number of nitrogens with zero attached hydrogens (tertiary/aromatic N) is 1. The Morgan fingerprint density at radius 1 is 1.31 bits per heavy atom. The summed E-state index contributed by atoms with van der Waals surface area (Å²) in [4.78, 5) is 4.34. The average Bonchev–Trinajstić information content (AvgIpc) is 2.77. The second-order valence-electron chi connectivity index (χ2n) is 3.46. The molecule has 0 fully saturated rings. The van der Waals surface area contributed by atoms with Crippen molar-refractivity contribution in [2.24, 2.45) is 0 Å². The molecule has 0 atom stereocenters. The molecule has 1 N–H and O–H groups in total. The highest BCUT2D eigenvalue weighted by Gasteiger charge is 1.91. The van der Waals surface area contributed by atoms with Crippen molar-refractivity contribution in [2.75, 3.05) is 11.9 Å². The van der Waals surface area contributed by atoms with Crippen LogP contribution in [0.25, 0.3) is 6.08 Å². The zero-order valence-electron chi connectivity index (χ0n) is 9.18. The number of hydrogen-bond acceptors (Lipinski definition) is 3. The highest BCUT2D eigenvalue weighted by atomic mass is 16.3. The number of pyridine rings is 1. The number of anilines is 1. The fourth-order valence-corrected chi connectivity index (χ4v) is 1.37. The Morgan fingerprint density at radius 2 is 2.25 bits per heavy atom. The standard InChI is InChI=1S/C13H14N2O/c1-11-5-2-8-13(15-11)14-9-3-6-12-7-4-10-16-12/h2-8,10H,9H2,1H3,(H,14,15)/b6-3+. The van der Waals surface area contributed by atoms with Gasteiger partial charge in [-0.2, -0.15) is 0 Å². The summed E-state index contributed by atoms with van der Waals surface area (Å²) in [7, 11) is 0. The maximum atomic E-state index is 5.17. The Labute approximate surface area is 94.8 Å². The summed E-state index contributed by atoms with van der Waals surface area (Å²) >= 11 is 0. The number of nitrogens with one attached hydrogen (secondary N) is 1. The Morgan fingerprint density at radius 3 is 3.00 bits per heavy atom. The molecule has 0 saturated carbocycles. The lowest BCUT2D eigenvalue weighted by atomic mass is 10.3. The summed E-state index contributed by atoms with van der Waals surface area (Å²) in [6, 6.07) is 9.70. The quantitative estimate of drug-likeness (QED) is 0.849. The van der Waals surface area contributed by atoms with E-state index in [1.807, 2.05) is 49.4 Å². The predicted molar refractivity (Wildman–Crippen MR) is 65.2 cm³/mol. The fraction of sp³-hybridized carbons (Fsp3) is 0.154. The van der Waals surface area contributed by atoms with Gasteiger partial charge in [-0.25, -0.2) is 4.98 Å². The molecule has 2 aromatic heterocycles. The van der Waals surface area contributed by atoms with E-state index >= 15 is 0 Å². The van der Waals surface area contributed by atoms with Crippen LogP contribution in [-0.2, 0) is 0 Å². The van der Waals surface area contributed by atoms with Crippen molar-refractivity contribution in [1.82, 2.24) is 4.98 Å². The molecule has 0 spiro atoms. The van der Waals surface area contributed by atoms with Gasteiger partial charge in [0.15, 0.2) is 0 Å². The molecule has 2 rings (SSSR count). The van der Waals surface area contributed by atoms with Gasteiger partial charge in [-0.15, -0.1) is 0 Å². The van der Waals surface area contributed by atoms with Gasteiger partial charge in [-0.05, 0) is 37.3 Å². The van der Waals surface area contributed by atoms with Gasteiger partial charge < -0.3 is 9.73 Å². The van der Waals surface area contributed by atoms with Gasteiger partial charge in [0.25, 0.3) is 0 Å². The predicted octanol–water partition coefficient (Wildman–Crippen LogP) is 3.11. The fourth-order valence-electron chi connectivity index (χ4n) is 1.37. The Hall–Kier alpha value is -2.03. The van der Waals surface area contributed by atoms with E-state index in [0.717, 1.165) is 23.8 Å². The number of hydrogen-bond donors (Lipinski definition) is 1. The van der Waals surface area contributed by atoms with Gasteiger partial charge in [0.2, 0.25) is 0 Å². The van der Waals surface area contributed by atoms with Crippen LogP contribution in [0.2, 0.25) is 0 Å². The van der Waals surface area contributed by atoms with Crippen LogP contribution >= 0.6 is 0 Å². The molecule has 0 amide bonds. The molecule has 2 aromatic rings. The van der Waals surface area contributed by atoms with Crippen molar-refractivity contribution in [1.29, 1.82) is 0 Å². The van der Waals surface area contributed by atoms with Gasteiger partial charge in [0, 0.05) is 12.2 Å². The molecule has 0 bridgehead atoms. The molecule has 3 nitrogen and oxygen atoms in total. The minimum Gasteiger partial charge on any atom is -0.465 e. The van der Waals surface area contributed by atoms with Gasteiger partial charge in [0.1, 0.15) is 11.6 Å². The van der Waals surface area contributed by atoms with Crippen molar-refractivity contribution >= 4 is 11.9 Å². The molecule has 16 heavy (non-hydrogen) atoms. The first-order chi connectivity index (χ1) is 7.84. The molecule has 0 saturated heterocycles.